The lowest BCUT2D eigenvalue weighted by molar-refractivity contribution is 0.161. The SMILES string of the molecule is CN1CCc2c(cc(N)cc2C2=CCOCC2)C1. The van der Waals surface area contributed by atoms with Crippen LogP contribution >= 0.6 is 0 Å². The zero-order valence-electron chi connectivity index (χ0n) is 10.9. The molecule has 96 valence electrons. The second-order valence-corrected chi connectivity index (χ2v) is 5.25. The van der Waals surface area contributed by atoms with E-state index in [0.29, 0.717) is 0 Å². The maximum absolute atomic E-state index is 6.06. The van der Waals surface area contributed by atoms with Gasteiger partial charge in [-0.2, -0.15) is 0 Å². The van der Waals surface area contributed by atoms with Crippen molar-refractivity contribution in [2.75, 3.05) is 32.5 Å². The monoisotopic (exact) mass is 244 g/mol. The number of nitrogens with zero attached hydrogens (tertiary/aromatic N) is 1. The highest BCUT2D eigenvalue weighted by Gasteiger charge is 2.19. The van der Waals surface area contributed by atoms with Crippen molar-refractivity contribution in [3.05, 3.63) is 34.9 Å². The van der Waals surface area contributed by atoms with Crippen LogP contribution in [0.5, 0.6) is 0 Å². The van der Waals surface area contributed by atoms with Crippen molar-refractivity contribution < 1.29 is 4.74 Å². The molecule has 0 aromatic heterocycles. The summed E-state index contributed by atoms with van der Waals surface area (Å²) in [5.41, 5.74) is 12.6. The van der Waals surface area contributed by atoms with Gasteiger partial charge in [-0.25, -0.2) is 0 Å². The van der Waals surface area contributed by atoms with Crippen molar-refractivity contribution in [1.29, 1.82) is 0 Å². The van der Waals surface area contributed by atoms with Gasteiger partial charge in [0.2, 0.25) is 0 Å². The van der Waals surface area contributed by atoms with Crippen molar-refractivity contribution in [3.8, 4) is 0 Å². The van der Waals surface area contributed by atoms with Crippen molar-refractivity contribution in [1.82, 2.24) is 4.90 Å². The molecule has 2 aliphatic heterocycles. The minimum absolute atomic E-state index is 0.735. The summed E-state index contributed by atoms with van der Waals surface area (Å²) >= 11 is 0. The molecule has 0 spiro atoms. The fourth-order valence-electron chi connectivity index (χ4n) is 2.92. The van der Waals surface area contributed by atoms with Crippen LogP contribution in [0.25, 0.3) is 5.57 Å². The summed E-state index contributed by atoms with van der Waals surface area (Å²) in [5, 5.41) is 0. The molecule has 0 radical (unpaired) electrons. The Kier molecular flexibility index (Phi) is 3.10. The van der Waals surface area contributed by atoms with E-state index in [0.717, 1.165) is 44.8 Å². The summed E-state index contributed by atoms with van der Waals surface area (Å²) in [6.07, 6.45) is 4.34. The molecular formula is C15H20N2O. The van der Waals surface area contributed by atoms with E-state index in [4.69, 9.17) is 10.5 Å². The first-order valence-electron chi connectivity index (χ1n) is 6.61. The molecule has 0 aliphatic carbocycles. The fourth-order valence-corrected chi connectivity index (χ4v) is 2.92. The van der Waals surface area contributed by atoms with Gasteiger partial charge in [-0.05, 0) is 54.3 Å². The summed E-state index contributed by atoms with van der Waals surface area (Å²) in [6.45, 7) is 3.71. The topological polar surface area (TPSA) is 38.5 Å². The number of ether oxygens (including phenoxy) is 1. The van der Waals surface area contributed by atoms with Gasteiger partial charge in [0.1, 0.15) is 0 Å². The third-order valence-electron chi connectivity index (χ3n) is 3.86. The number of hydrogen-bond acceptors (Lipinski definition) is 3. The molecule has 0 fully saturated rings. The number of likely N-dealkylation sites (N-methyl/N-ethyl adjacent to an activating group) is 1. The van der Waals surface area contributed by atoms with Crippen LogP contribution in [-0.4, -0.2) is 31.7 Å². The van der Waals surface area contributed by atoms with Gasteiger partial charge in [-0.3, -0.25) is 0 Å². The number of nitrogen functional groups attached to an aromatic ring is 1. The highest BCUT2D eigenvalue weighted by atomic mass is 16.5. The van der Waals surface area contributed by atoms with E-state index in [1.807, 2.05) is 0 Å². The molecule has 2 heterocycles. The summed E-state index contributed by atoms with van der Waals surface area (Å²) in [6, 6.07) is 4.27. The average Bonchev–Trinajstić information content (AvgIpc) is 2.38. The molecule has 18 heavy (non-hydrogen) atoms. The van der Waals surface area contributed by atoms with Crippen molar-refractivity contribution in [3.63, 3.8) is 0 Å². The summed E-state index contributed by atoms with van der Waals surface area (Å²) in [7, 11) is 2.17. The zero-order chi connectivity index (χ0) is 12.5. The van der Waals surface area contributed by atoms with Crippen LogP contribution in [0.4, 0.5) is 5.69 Å². The van der Waals surface area contributed by atoms with Gasteiger partial charge in [0.05, 0.1) is 13.2 Å². The molecule has 0 atom stereocenters. The molecule has 0 amide bonds. The Balaban J connectivity index is 2.06. The second kappa shape index (κ2) is 4.75. The molecule has 1 aromatic rings. The van der Waals surface area contributed by atoms with Gasteiger partial charge in [-0.15, -0.1) is 0 Å². The van der Waals surface area contributed by atoms with Gasteiger partial charge in [0.25, 0.3) is 0 Å². The lowest BCUT2D eigenvalue weighted by Gasteiger charge is -2.28. The minimum atomic E-state index is 0.735. The number of rotatable bonds is 1. The van der Waals surface area contributed by atoms with Gasteiger partial charge < -0.3 is 15.4 Å². The molecular weight excluding hydrogens is 224 g/mol. The van der Waals surface area contributed by atoms with Gasteiger partial charge in [-0.1, -0.05) is 6.08 Å². The molecule has 0 unspecified atom stereocenters. The van der Waals surface area contributed by atoms with Crippen LogP contribution in [0.15, 0.2) is 18.2 Å². The first-order chi connectivity index (χ1) is 8.74. The van der Waals surface area contributed by atoms with E-state index >= 15 is 0 Å². The number of hydrogen-bond donors (Lipinski definition) is 1. The van der Waals surface area contributed by atoms with Crippen LogP contribution < -0.4 is 5.73 Å². The van der Waals surface area contributed by atoms with E-state index in [-0.39, 0.29) is 0 Å². The normalized spacial score (nSPS) is 20.4. The molecule has 1 aromatic carbocycles. The third-order valence-corrected chi connectivity index (χ3v) is 3.86. The van der Waals surface area contributed by atoms with Gasteiger partial charge in [0.15, 0.2) is 0 Å². The van der Waals surface area contributed by atoms with Crippen LogP contribution in [0.3, 0.4) is 0 Å². The Morgan fingerprint density at radius 3 is 2.94 bits per heavy atom. The van der Waals surface area contributed by atoms with E-state index in [2.05, 4.69) is 30.2 Å². The van der Waals surface area contributed by atoms with Crippen molar-refractivity contribution >= 4 is 11.3 Å². The number of anilines is 1. The minimum Gasteiger partial charge on any atom is -0.399 e. The molecule has 3 rings (SSSR count). The lowest BCUT2D eigenvalue weighted by atomic mass is 9.88. The van der Waals surface area contributed by atoms with Crippen LogP contribution in [-0.2, 0) is 17.7 Å². The Hall–Kier alpha value is -1.32. The lowest BCUT2D eigenvalue weighted by Crippen LogP contribution is -2.27. The van der Waals surface area contributed by atoms with Crippen LogP contribution in [0.2, 0.25) is 0 Å². The van der Waals surface area contributed by atoms with Crippen molar-refractivity contribution in [2.45, 2.75) is 19.4 Å². The predicted octanol–water partition coefficient (Wildman–Crippen LogP) is 2.06. The summed E-state index contributed by atoms with van der Waals surface area (Å²) < 4.78 is 5.40. The standard InChI is InChI=1S/C15H20N2O/c1-17-5-2-14-12(10-17)8-13(16)9-15(14)11-3-6-18-7-4-11/h3,8-9H,2,4-7,10,16H2,1H3. The maximum atomic E-state index is 6.06. The Bertz CT molecular complexity index is 494. The Morgan fingerprint density at radius 1 is 1.28 bits per heavy atom. The third kappa shape index (κ3) is 2.16. The number of nitrogens with two attached hydrogens (primary N) is 1. The smallest absolute Gasteiger partial charge is 0.0653 e. The van der Waals surface area contributed by atoms with Crippen LogP contribution in [0.1, 0.15) is 23.1 Å². The highest BCUT2D eigenvalue weighted by molar-refractivity contribution is 5.73. The predicted molar refractivity (Wildman–Crippen MR) is 74.3 cm³/mol. The molecule has 0 bridgehead atoms. The second-order valence-electron chi connectivity index (χ2n) is 5.25. The average molecular weight is 244 g/mol. The first kappa shape index (κ1) is 11.8. The quantitative estimate of drug-likeness (QED) is 0.769. The van der Waals surface area contributed by atoms with E-state index in [1.54, 1.807) is 0 Å². The molecule has 3 heteroatoms. The summed E-state index contributed by atoms with van der Waals surface area (Å²) in [5.74, 6) is 0. The number of fused-ring (bicyclic) bond motifs is 1. The summed E-state index contributed by atoms with van der Waals surface area (Å²) in [4.78, 5) is 2.35. The molecule has 2 N–H and O–H groups in total. The number of benzene rings is 1. The van der Waals surface area contributed by atoms with E-state index < -0.39 is 0 Å². The first-order valence-corrected chi connectivity index (χ1v) is 6.61. The van der Waals surface area contributed by atoms with Crippen molar-refractivity contribution in [2.24, 2.45) is 0 Å². The molecule has 0 saturated heterocycles. The Labute approximate surface area is 108 Å². The molecule has 2 aliphatic rings. The van der Waals surface area contributed by atoms with E-state index in [9.17, 15) is 0 Å². The van der Waals surface area contributed by atoms with Gasteiger partial charge in [0, 0.05) is 18.8 Å². The Morgan fingerprint density at radius 2 is 2.17 bits per heavy atom. The van der Waals surface area contributed by atoms with Gasteiger partial charge >= 0.3 is 0 Å². The zero-order valence-corrected chi connectivity index (χ0v) is 10.9. The maximum Gasteiger partial charge on any atom is 0.0653 e. The molecule has 0 saturated carbocycles. The largest absolute Gasteiger partial charge is 0.399 e. The van der Waals surface area contributed by atoms with E-state index in [1.165, 1.54) is 22.3 Å². The molecule has 3 nitrogen and oxygen atoms in total. The van der Waals surface area contributed by atoms with Crippen LogP contribution in [0, 0.1) is 0 Å². The highest BCUT2D eigenvalue weighted by Crippen LogP contribution is 2.32. The fraction of sp³-hybridized carbons (Fsp3) is 0.467.